The van der Waals surface area contributed by atoms with Gasteiger partial charge in [-0.25, -0.2) is 0 Å². The summed E-state index contributed by atoms with van der Waals surface area (Å²) in [6.07, 6.45) is 0.997. The van der Waals surface area contributed by atoms with Crippen LogP contribution in [-0.4, -0.2) is 12.8 Å². The highest BCUT2D eigenvalue weighted by Gasteiger charge is 2.06. The minimum atomic E-state index is 0.0358. The Morgan fingerprint density at radius 2 is 1.64 bits per heavy atom. The summed E-state index contributed by atoms with van der Waals surface area (Å²) in [7, 11) is 1.50. The van der Waals surface area contributed by atoms with Crippen molar-refractivity contribution in [1.29, 1.82) is 0 Å². The van der Waals surface area contributed by atoms with E-state index in [0.717, 1.165) is 23.1 Å². The first-order chi connectivity index (χ1) is 11.8. The van der Waals surface area contributed by atoms with Crippen molar-refractivity contribution in [2.45, 2.75) is 34.1 Å². The molecule has 0 saturated carbocycles. The maximum atomic E-state index is 11.1. The van der Waals surface area contributed by atoms with E-state index < -0.39 is 0 Å². The van der Waals surface area contributed by atoms with Crippen molar-refractivity contribution in [3.8, 4) is 0 Å². The zero-order chi connectivity index (χ0) is 19.6. The smallest absolute Gasteiger partial charge is 0.159 e. The molecule has 0 aromatic heterocycles. The molecule has 25 heavy (non-hydrogen) atoms. The third-order valence-corrected chi connectivity index (χ3v) is 4.27. The van der Waals surface area contributed by atoms with Gasteiger partial charge >= 0.3 is 0 Å². The van der Waals surface area contributed by atoms with Crippen LogP contribution in [0.1, 0.15) is 36.1 Å². The van der Waals surface area contributed by atoms with Gasteiger partial charge in [0.2, 0.25) is 0 Å². The molecule has 0 saturated heterocycles. The lowest BCUT2D eigenvalue weighted by Crippen LogP contribution is -1.97. The van der Waals surface area contributed by atoms with Gasteiger partial charge in [-0.3, -0.25) is 4.79 Å². The normalized spacial score (nSPS) is 9.28. The molecule has 0 atom stereocenters. The lowest BCUT2D eigenvalue weighted by Gasteiger charge is -2.06. The summed E-state index contributed by atoms with van der Waals surface area (Å²) < 4.78 is 0. The second-order valence-electron chi connectivity index (χ2n) is 5.46. The molecule has 0 spiro atoms. The van der Waals surface area contributed by atoms with Gasteiger partial charge in [-0.2, -0.15) is 0 Å². The topological polar surface area (TPSA) is 43.1 Å². The number of ketones is 1. The summed E-state index contributed by atoms with van der Waals surface area (Å²) in [6, 6.07) is 11.7. The average molecular weight is 380 g/mol. The average Bonchev–Trinajstić information content (AvgIpc) is 2.61. The van der Waals surface area contributed by atoms with Crippen LogP contribution in [0.4, 0.5) is 0 Å². The Balaban J connectivity index is 0.000000430. The monoisotopic (exact) mass is 379 g/mol. The highest BCUT2D eigenvalue weighted by Crippen LogP contribution is 2.22. The highest BCUT2D eigenvalue weighted by atomic mass is 35.5. The number of nitrogens with two attached hydrogens (primary N) is 1. The summed E-state index contributed by atoms with van der Waals surface area (Å²) >= 11 is 11.5. The van der Waals surface area contributed by atoms with Crippen molar-refractivity contribution in [3.05, 3.63) is 75.3 Å². The first-order valence-electron chi connectivity index (χ1n) is 8.05. The molecule has 0 aliphatic carbocycles. The number of hydrogen-bond donors (Lipinski definition) is 1. The first-order valence-corrected chi connectivity index (χ1v) is 8.81. The van der Waals surface area contributed by atoms with Crippen molar-refractivity contribution in [1.82, 2.24) is 0 Å². The summed E-state index contributed by atoms with van der Waals surface area (Å²) in [5.74, 6) is 0.0358. The fourth-order valence-corrected chi connectivity index (χ4v) is 2.33. The van der Waals surface area contributed by atoms with E-state index in [2.05, 4.69) is 19.2 Å². The molecule has 2 aromatic carbocycles. The van der Waals surface area contributed by atoms with Crippen LogP contribution in [0.15, 0.2) is 43.0 Å². The van der Waals surface area contributed by atoms with Crippen LogP contribution < -0.4 is 5.73 Å². The second-order valence-corrected chi connectivity index (χ2v) is 6.27. The Labute approximate surface area is 161 Å². The fraction of sp³-hybridized carbons (Fsp3) is 0.286. The van der Waals surface area contributed by atoms with Crippen molar-refractivity contribution < 1.29 is 4.79 Å². The molecule has 0 amide bonds. The largest absolute Gasteiger partial charge is 0.333 e. The van der Waals surface area contributed by atoms with Gasteiger partial charge in [-0.05, 0) is 63.1 Å². The number of aryl methyl sites for hydroxylation is 3. The number of halogens is 2. The van der Waals surface area contributed by atoms with E-state index >= 15 is 0 Å². The van der Waals surface area contributed by atoms with Crippen molar-refractivity contribution >= 4 is 34.6 Å². The van der Waals surface area contributed by atoms with Gasteiger partial charge in [0, 0.05) is 5.57 Å². The fourth-order valence-electron chi connectivity index (χ4n) is 2.01. The lowest BCUT2D eigenvalue weighted by atomic mass is 9.97. The predicted octanol–water partition coefficient (Wildman–Crippen LogP) is 6.04. The van der Waals surface area contributed by atoms with Gasteiger partial charge in [-0.1, -0.05) is 66.5 Å². The van der Waals surface area contributed by atoms with Crippen LogP contribution in [0.3, 0.4) is 0 Å². The first kappa shape index (κ1) is 23.4. The van der Waals surface area contributed by atoms with Gasteiger partial charge in [-0.15, -0.1) is 0 Å². The Kier molecular flexibility index (Phi) is 11.1. The summed E-state index contributed by atoms with van der Waals surface area (Å²) in [5.41, 5.74) is 9.54. The number of carbonyl (C=O) groups excluding carboxylic acids is 1. The summed E-state index contributed by atoms with van der Waals surface area (Å²) in [4.78, 5) is 11.1. The maximum Gasteiger partial charge on any atom is 0.159 e. The molecule has 2 nitrogen and oxygen atoms in total. The minimum Gasteiger partial charge on any atom is -0.333 e. The van der Waals surface area contributed by atoms with Gasteiger partial charge in [0.25, 0.3) is 0 Å². The van der Waals surface area contributed by atoms with Crippen LogP contribution in [-0.2, 0) is 11.2 Å². The van der Waals surface area contributed by atoms with Crippen molar-refractivity contribution in [2.24, 2.45) is 5.73 Å². The number of Topliss-reactive ketones (excluding diaryl/α,β-unsaturated/α-hetero) is 1. The molecular formula is C21H27Cl2NO. The van der Waals surface area contributed by atoms with E-state index in [1.807, 2.05) is 50.2 Å². The van der Waals surface area contributed by atoms with E-state index in [4.69, 9.17) is 23.2 Å². The van der Waals surface area contributed by atoms with Gasteiger partial charge in [0.05, 0.1) is 10.0 Å². The van der Waals surface area contributed by atoms with Gasteiger partial charge in [0.1, 0.15) is 0 Å². The number of benzene rings is 2. The zero-order valence-electron chi connectivity index (χ0n) is 15.6. The molecule has 0 unspecified atom stereocenters. The van der Waals surface area contributed by atoms with E-state index in [1.54, 1.807) is 6.92 Å². The van der Waals surface area contributed by atoms with Gasteiger partial charge in [0.15, 0.2) is 5.78 Å². The Hall–Kier alpha value is -1.61. The standard InChI is InChI=1S/C12H14O.C8H8Cl2.CH5N/c1-8-5-6-9(2)12(7-8)10(3)11(4)13;1-2-6-3-4-7(9)8(10)5-6;1-2/h5-7H,3H2,1-2,4H3;3-5H,2H2,1H3;2H2,1H3. The lowest BCUT2D eigenvalue weighted by molar-refractivity contribution is -0.111. The van der Waals surface area contributed by atoms with Crippen LogP contribution in [0.5, 0.6) is 0 Å². The second kappa shape index (κ2) is 11.9. The molecule has 0 radical (unpaired) electrons. The number of carbonyl (C=O) groups is 1. The van der Waals surface area contributed by atoms with Crippen LogP contribution in [0.2, 0.25) is 10.0 Å². The van der Waals surface area contributed by atoms with Crippen molar-refractivity contribution in [2.75, 3.05) is 7.05 Å². The van der Waals surface area contributed by atoms with Crippen LogP contribution in [0.25, 0.3) is 5.57 Å². The zero-order valence-corrected chi connectivity index (χ0v) is 17.1. The minimum absolute atomic E-state index is 0.0358. The Morgan fingerprint density at radius 1 is 1.04 bits per heavy atom. The molecular weight excluding hydrogens is 353 g/mol. The molecule has 0 bridgehead atoms. The molecule has 0 heterocycles. The summed E-state index contributed by atoms with van der Waals surface area (Å²) in [6.45, 7) is 11.4. The van der Waals surface area contributed by atoms with Gasteiger partial charge < -0.3 is 5.73 Å². The predicted molar refractivity (Wildman–Crippen MR) is 112 cm³/mol. The summed E-state index contributed by atoms with van der Waals surface area (Å²) in [5, 5.41) is 1.26. The Morgan fingerprint density at radius 3 is 2.12 bits per heavy atom. The number of allylic oxidation sites excluding steroid dienone is 1. The molecule has 2 rings (SSSR count). The molecule has 0 fully saturated rings. The number of rotatable bonds is 3. The Bertz CT molecular complexity index is 724. The van der Waals surface area contributed by atoms with E-state index in [-0.39, 0.29) is 5.78 Å². The molecule has 2 N–H and O–H groups in total. The maximum absolute atomic E-state index is 11.1. The molecule has 2 aromatic rings. The number of hydrogen-bond acceptors (Lipinski definition) is 2. The van der Waals surface area contributed by atoms with Crippen molar-refractivity contribution in [3.63, 3.8) is 0 Å². The molecule has 0 aliphatic heterocycles. The molecule has 136 valence electrons. The van der Waals surface area contributed by atoms with Crippen LogP contribution in [0, 0.1) is 13.8 Å². The van der Waals surface area contributed by atoms with E-state index in [9.17, 15) is 4.79 Å². The quantitative estimate of drug-likeness (QED) is 0.660. The van der Waals surface area contributed by atoms with E-state index in [1.165, 1.54) is 12.6 Å². The van der Waals surface area contributed by atoms with Crippen LogP contribution >= 0.6 is 23.2 Å². The third-order valence-electron chi connectivity index (χ3n) is 3.54. The third kappa shape index (κ3) is 7.87. The SMILES string of the molecule is C=C(C(C)=O)c1cc(C)ccc1C.CCc1ccc(Cl)c(Cl)c1.CN. The van der Waals surface area contributed by atoms with E-state index in [0.29, 0.717) is 15.6 Å². The highest BCUT2D eigenvalue weighted by molar-refractivity contribution is 6.42. The molecule has 0 aliphatic rings. The molecule has 4 heteroatoms.